The molecule has 2 aromatic rings. The highest BCUT2D eigenvalue weighted by Crippen LogP contribution is 2.21. The summed E-state index contributed by atoms with van der Waals surface area (Å²) >= 11 is 0. The molecule has 2 rings (SSSR count). The van der Waals surface area contributed by atoms with Gasteiger partial charge < -0.3 is 9.67 Å². The van der Waals surface area contributed by atoms with Gasteiger partial charge in [0.15, 0.2) is 0 Å². The Hall–Kier alpha value is -2.21. The lowest BCUT2D eigenvalue weighted by atomic mass is 10.2. The molecule has 1 N–H and O–H groups in total. The molecule has 3 nitrogen and oxygen atoms in total. The fraction of sp³-hybridized carbons (Fsp3) is 0.214. The fourth-order valence-electron chi connectivity index (χ4n) is 1.95. The van der Waals surface area contributed by atoms with Crippen LogP contribution in [0.25, 0.3) is 10.9 Å². The summed E-state index contributed by atoms with van der Waals surface area (Å²) in [5, 5.41) is 9.90. The molecule has 0 saturated heterocycles. The number of carboxylic acids is 1. The summed E-state index contributed by atoms with van der Waals surface area (Å²) in [7, 11) is 0. The molecule has 0 atom stereocenters. The Balaban J connectivity index is 2.42. The maximum absolute atomic E-state index is 11.1. The summed E-state index contributed by atoms with van der Waals surface area (Å²) in [5.41, 5.74) is 1.29. The lowest BCUT2D eigenvalue weighted by molar-refractivity contribution is 0.0699. The van der Waals surface area contributed by atoms with E-state index in [-0.39, 0.29) is 0 Å². The van der Waals surface area contributed by atoms with Crippen LogP contribution in [0.3, 0.4) is 0 Å². The van der Waals surface area contributed by atoms with E-state index in [2.05, 4.69) is 5.92 Å². The van der Waals surface area contributed by atoms with Crippen molar-refractivity contribution >= 4 is 16.9 Å². The lowest BCUT2D eigenvalue weighted by Crippen LogP contribution is -1.97. The Morgan fingerprint density at radius 2 is 2.18 bits per heavy atom. The average Bonchev–Trinajstić information content (AvgIpc) is 2.69. The molecule has 0 aliphatic heterocycles. The number of rotatable bonds is 4. The molecule has 0 unspecified atom stereocenters. The van der Waals surface area contributed by atoms with Crippen LogP contribution in [0, 0.1) is 12.3 Å². The minimum atomic E-state index is -0.892. The summed E-state index contributed by atoms with van der Waals surface area (Å²) < 4.78 is 1.95. The van der Waals surface area contributed by atoms with Crippen molar-refractivity contribution in [3.05, 3.63) is 36.0 Å². The van der Waals surface area contributed by atoms with E-state index in [0.29, 0.717) is 12.0 Å². The topological polar surface area (TPSA) is 42.2 Å². The van der Waals surface area contributed by atoms with E-state index in [0.717, 1.165) is 23.9 Å². The predicted octanol–water partition coefficient (Wildman–Crippen LogP) is 2.75. The quantitative estimate of drug-likeness (QED) is 0.644. The zero-order valence-electron chi connectivity index (χ0n) is 9.39. The molecule has 86 valence electrons. The molecule has 17 heavy (non-hydrogen) atoms. The Kier molecular flexibility index (Phi) is 3.15. The van der Waals surface area contributed by atoms with Gasteiger partial charge in [-0.15, -0.1) is 12.3 Å². The molecule has 0 saturated carbocycles. The van der Waals surface area contributed by atoms with Crippen LogP contribution in [0.1, 0.15) is 23.2 Å². The second-order valence-electron chi connectivity index (χ2n) is 3.87. The number of hydrogen-bond acceptors (Lipinski definition) is 1. The largest absolute Gasteiger partial charge is 0.478 e. The third kappa shape index (κ3) is 2.16. The number of benzene rings is 1. The number of carboxylic acid groups (broad SMARTS) is 1. The molecule has 0 bridgehead atoms. The number of aryl methyl sites for hydroxylation is 1. The van der Waals surface area contributed by atoms with Gasteiger partial charge in [0.05, 0.1) is 5.56 Å². The number of nitrogens with zero attached hydrogens (tertiary/aromatic N) is 1. The van der Waals surface area contributed by atoms with Crippen LogP contribution >= 0.6 is 0 Å². The van der Waals surface area contributed by atoms with E-state index in [4.69, 9.17) is 11.5 Å². The van der Waals surface area contributed by atoms with Gasteiger partial charge in [-0.05, 0) is 12.5 Å². The maximum atomic E-state index is 11.1. The third-order valence-corrected chi connectivity index (χ3v) is 2.74. The van der Waals surface area contributed by atoms with Gasteiger partial charge in [0.2, 0.25) is 0 Å². The van der Waals surface area contributed by atoms with Gasteiger partial charge in [0.1, 0.15) is 0 Å². The van der Waals surface area contributed by atoms with Gasteiger partial charge in [-0.2, -0.15) is 0 Å². The highest BCUT2D eigenvalue weighted by molar-refractivity contribution is 6.03. The maximum Gasteiger partial charge on any atom is 0.337 e. The van der Waals surface area contributed by atoms with Gasteiger partial charge >= 0.3 is 5.97 Å². The van der Waals surface area contributed by atoms with Crippen molar-refractivity contribution < 1.29 is 9.90 Å². The van der Waals surface area contributed by atoms with Crippen LogP contribution in [0.5, 0.6) is 0 Å². The summed E-state index contributed by atoms with van der Waals surface area (Å²) in [6.07, 6.45) is 8.45. The van der Waals surface area contributed by atoms with Crippen molar-refractivity contribution in [1.29, 1.82) is 0 Å². The third-order valence-electron chi connectivity index (χ3n) is 2.74. The molecule has 0 amide bonds. The molecule has 0 fully saturated rings. The second kappa shape index (κ2) is 4.75. The fourth-order valence-corrected chi connectivity index (χ4v) is 1.95. The first-order valence-corrected chi connectivity index (χ1v) is 5.48. The molecule has 0 aliphatic carbocycles. The summed E-state index contributed by atoms with van der Waals surface area (Å²) in [6, 6.07) is 7.51. The van der Waals surface area contributed by atoms with Gasteiger partial charge in [-0.3, -0.25) is 0 Å². The van der Waals surface area contributed by atoms with Crippen LogP contribution in [0.4, 0.5) is 0 Å². The Morgan fingerprint density at radius 3 is 2.88 bits per heavy atom. The number of fused-ring (bicyclic) bond motifs is 1. The van der Waals surface area contributed by atoms with Gasteiger partial charge in [-0.25, -0.2) is 4.79 Å². The normalized spacial score (nSPS) is 10.3. The number of hydrogen-bond donors (Lipinski definition) is 1. The zero-order chi connectivity index (χ0) is 12.3. The molecular formula is C14H13NO2. The van der Waals surface area contributed by atoms with Crippen molar-refractivity contribution in [2.24, 2.45) is 0 Å². The Morgan fingerprint density at radius 1 is 1.41 bits per heavy atom. The minimum absolute atomic E-state index is 0.348. The molecule has 1 aromatic carbocycles. The van der Waals surface area contributed by atoms with E-state index in [1.165, 1.54) is 0 Å². The van der Waals surface area contributed by atoms with Gasteiger partial charge in [0.25, 0.3) is 0 Å². The standard InChI is InChI=1S/C14H13NO2/c1-2-3-6-9-15-10-12(14(16)17)11-7-4-5-8-13(11)15/h1,4-5,7-8,10H,3,6,9H2,(H,16,17). The first-order valence-electron chi connectivity index (χ1n) is 5.48. The number of aromatic carboxylic acids is 1. The summed E-state index contributed by atoms with van der Waals surface area (Å²) in [6.45, 7) is 0.748. The number of terminal acetylenes is 1. The van der Waals surface area contributed by atoms with Gasteiger partial charge in [0, 0.05) is 30.1 Å². The van der Waals surface area contributed by atoms with Gasteiger partial charge in [-0.1, -0.05) is 18.2 Å². The van der Waals surface area contributed by atoms with Crippen molar-refractivity contribution in [2.75, 3.05) is 0 Å². The summed E-state index contributed by atoms with van der Waals surface area (Å²) in [4.78, 5) is 11.1. The SMILES string of the molecule is C#CCCCn1cc(C(=O)O)c2ccccc21. The molecule has 0 radical (unpaired) electrons. The predicted molar refractivity (Wildman–Crippen MR) is 67.0 cm³/mol. The minimum Gasteiger partial charge on any atom is -0.478 e. The molecule has 3 heteroatoms. The van der Waals surface area contributed by atoms with E-state index >= 15 is 0 Å². The lowest BCUT2D eigenvalue weighted by Gasteiger charge is -2.02. The van der Waals surface area contributed by atoms with E-state index < -0.39 is 5.97 Å². The van der Waals surface area contributed by atoms with Crippen LogP contribution in [0.2, 0.25) is 0 Å². The molecule has 1 heterocycles. The Labute approximate surface area is 99.7 Å². The first-order chi connectivity index (χ1) is 8.24. The van der Waals surface area contributed by atoms with E-state index in [9.17, 15) is 4.79 Å². The first kappa shape index (κ1) is 11.3. The van der Waals surface area contributed by atoms with Crippen molar-refractivity contribution in [3.63, 3.8) is 0 Å². The number of para-hydroxylation sites is 1. The molecule has 1 aromatic heterocycles. The highest BCUT2D eigenvalue weighted by Gasteiger charge is 2.12. The highest BCUT2D eigenvalue weighted by atomic mass is 16.4. The monoisotopic (exact) mass is 227 g/mol. The van der Waals surface area contributed by atoms with Crippen LogP contribution < -0.4 is 0 Å². The number of unbranched alkanes of at least 4 members (excludes halogenated alkanes) is 1. The van der Waals surface area contributed by atoms with E-state index in [1.807, 2.05) is 28.8 Å². The molecule has 0 aliphatic rings. The van der Waals surface area contributed by atoms with Crippen LogP contribution in [0.15, 0.2) is 30.5 Å². The summed E-state index contributed by atoms with van der Waals surface area (Å²) in [5.74, 6) is 1.69. The van der Waals surface area contributed by atoms with Crippen molar-refractivity contribution in [3.8, 4) is 12.3 Å². The van der Waals surface area contributed by atoms with E-state index in [1.54, 1.807) is 6.20 Å². The van der Waals surface area contributed by atoms with Crippen molar-refractivity contribution in [2.45, 2.75) is 19.4 Å². The second-order valence-corrected chi connectivity index (χ2v) is 3.87. The number of aromatic nitrogens is 1. The van der Waals surface area contributed by atoms with Crippen molar-refractivity contribution in [1.82, 2.24) is 4.57 Å². The smallest absolute Gasteiger partial charge is 0.337 e. The van der Waals surface area contributed by atoms with Crippen LogP contribution in [-0.4, -0.2) is 15.6 Å². The zero-order valence-corrected chi connectivity index (χ0v) is 9.39. The molecular weight excluding hydrogens is 214 g/mol. The molecule has 0 spiro atoms. The average molecular weight is 227 g/mol. The Bertz CT molecular complexity index is 590. The van der Waals surface area contributed by atoms with Crippen LogP contribution in [-0.2, 0) is 6.54 Å². The number of carbonyl (C=O) groups is 1.